The Kier molecular flexibility index (Phi) is 3.96. The largest absolute Gasteiger partial charge is 0.390 e. The second-order valence-corrected chi connectivity index (χ2v) is 6.79. The topological polar surface area (TPSA) is 41.9 Å². The number of halogens is 2. The first-order valence-corrected chi connectivity index (χ1v) is 8.46. The Morgan fingerprint density at radius 3 is 2.84 bits per heavy atom. The molecule has 4 nitrogen and oxygen atoms in total. The second-order valence-electron chi connectivity index (χ2n) is 6.38. The van der Waals surface area contributed by atoms with Gasteiger partial charge in [0.1, 0.15) is 5.82 Å². The molecule has 6 heteroatoms. The van der Waals surface area contributed by atoms with E-state index in [-0.39, 0.29) is 23.0 Å². The molecule has 0 spiro atoms. The van der Waals surface area contributed by atoms with E-state index in [0.717, 1.165) is 16.8 Å². The lowest BCUT2D eigenvalue weighted by atomic mass is 9.92. The number of carbonyl (C=O) groups is 1. The van der Waals surface area contributed by atoms with Crippen molar-refractivity contribution in [3.63, 3.8) is 0 Å². The highest BCUT2D eigenvalue weighted by Gasteiger charge is 2.44. The minimum absolute atomic E-state index is 0.0426. The van der Waals surface area contributed by atoms with Crippen LogP contribution < -0.4 is 0 Å². The summed E-state index contributed by atoms with van der Waals surface area (Å²) in [5.41, 5.74) is 3.44. The zero-order valence-electron chi connectivity index (χ0n) is 13.6. The molecule has 0 bridgehead atoms. The van der Waals surface area contributed by atoms with Crippen LogP contribution in [0.5, 0.6) is 0 Å². The minimum Gasteiger partial charge on any atom is -0.390 e. The lowest BCUT2D eigenvalue weighted by molar-refractivity contribution is 0.0631. The van der Waals surface area contributed by atoms with Crippen molar-refractivity contribution in [2.24, 2.45) is 11.1 Å². The SMILES string of the molecule is Cc1ccccc1C1=NOC2CN(C(=O)c3ccc(F)c(Cl)c3)CC12. The molecule has 0 N–H and O–H groups in total. The number of amides is 1. The van der Waals surface area contributed by atoms with Crippen LogP contribution in [0.25, 0.3) is 0 Å². The number of fused-ring (bicyclic) bond motifs is 1. The van der Waals surface area contributed by atoms with Gasteiger partial charge < -0.3 is 9.74 Å². The molecule has 2 heterocycles. The molecule has 0 saturated carbocycles. The zero-order valence-corrected chi connectivity index (χ0v) is 14.3. The highest BCUT2D eigenvalue weighted by atomic mass is 35.5. The molecule has 0 aromatic heterocycles. The van der Waals surface area contributed by atoms with E-state index in [2.05, 4.69) is 5.16 Å². The Morgan fingerprint density at radius 1 is 1.28 bits per heavy atom. The van der Waals surface area contributed by atoms with Crippen LogP contribution in [-0.4, -0.2) is 35.7 Å². The number of nitrogens with zero attached hydrogens (tertiary/aromatic N) is 2. The summed E-state index contributed by atoms with van der Waals surface area (Å²) in [5, 5.41) is 4.20. The number of aryl methyl sites for hydroxylation is 1. The second kappa shape index (κ2) is 6.15. The zero-order chi connectivity index (χ0) is 17.6. The summed E-state index contributed by atoms with van der Waals surface area (Å²) in [6.45, 7) is 3.01. The molecule has 2 aromatic rings. The van der Waals surface area contributed by atoms with E-state index in [1.165, 1.54) is 18.2 Å². The Morgan fingerprint density at radius 2 is 2.08 bits per heavy atom. The van der Waals surface area contributed by atoms with Gasteiger partial charge in [-0.15, -0.1) is 0 Å². The van der Waals surface area contributed by atoms with Gasteiger partial charge in [-0.3, -0.25) is 4.79 Å². The lowest BCUT2D eigenvalue weighted by Gasteiger charge is -2.17. The average Bonchev–Trinajstić information content (AvgIpc) is 3.18. The summed E-state index contributed by atoms with van der Waals surface area (Å²) in [4.78, 5) is 20.0. The third-order valence-corrected chi connectivity index (χ3v) is 5.07. The molecule has 25 heavy (non-hydrogen) atoms. The number of carbonyl (C=O) groups excluding carboxylic acids is 1. The van der Waals surface area contributed by atoms with Crippen molar-refractivity contribution in [3.8, 4) is 0 Å². The van der Waals surface area contributed by atoms with Gasteiger partial charge in [0.15, 0.2) is 6.10 Å². The molecule has 2 atom stereocenters. The molecule has 128 valence electrons. The van der Waals surface area contributed by atoms with E-state index in [1.54, 1.807) is 4.90 Å². The summed E-state index contributed by atoms with van der Waals surface area (Å²) >= 11 is 5.79. The number of hydrogen-bond donors (Lipinski definition) is 0. The highest BCUT2D eigenvalue weighted by Crippen LogP contribution is 2.32. The van der Waals surface area contributed by atoms with Crippen molar-refractivity contribution in [1.82, 2.24) is 4.90 Å². The summed E-state index contributed by atoms with van der Waals surface area (Å²) in [6, 6.07) is 12.0. The van der Waals surface area contributed by atoms with Crippen molar-refractivity contribution < 1.29 is 14.0 Å². The van der Waals surface area contributed by atoms with Crippen molar-refractivity contribution in [1.29, 1.82) is 0 Å². The van der Waals surface area contributed by atoms with Crippen molar-refractivity contribution >= 4 is 23.2 Å². The molecule has 1 fully saturated rings. The molecular formula is C19H16ClFN2O2. The Balaban J connectivity index is 1.55. The van der Waals surface area contributed by atoms with Crippen molar-refractivity contribution in [2.75, 3.05) is 13.1 Å². The number of benzene rings is 2. The van der Waals surface area contributed by atoms with Gasteiger partial charge in [0.05, 0.1) is 23.2 Å². The lowest BCUT2D eigenvalue weighted by Crippen LogP contribution is -2.30. The van der Waals surface area contributed by atoms with Gasteiger partial charge in [0.25, 0.3) is 5.91 Å². The maximum atomic E-state index is 13.3. The fourth-order valence-corrected chi connectivity index (χ4v) is 3.60. The molecule has 2 aromatic carbocycles. The van der Waals surface area contributed by atoms with Crippen molar-refractivity contribution in [2.45, 2.75) is 13.0 Å². The predicted octanol–water partition coefficient (Wildman–Crippen LogP) is 3.66. The highest BCUT2D eigenvalue weighted by molar-refractivity contribution is 6.31. The van der Waals surface area contributed by atoms with Gasteiger partial charge >= 0.3 is 0 Å². The molecule has 2 aliphatic heterocycles. The number of oxime groups is 1. The van der Waals surface area contributed by atoms with E-state index < -0.39 is 5.82 Å². The number of rotatable bonds is 2. The van der Waals surface area contributed by atoms with E-state index in [0.29, 0.717) is 18.7 Å². The quantitative estimate of drug-likeness (QED) is 0.822. The molecular weight excluding hydrogens is 343 g/mol. The summed E-state index contributed by atoms with van der Waals surface area (Å²) in [7, 11) is 0. The van der Waals surface area contributed by atoms with Gasteiger partial charge in [-0.05, 0) is 30.7 Å². The molecule has 2 unspecified atom stereocenters. The summed E-state index contributed by atoms with van der Waals surface area (Å²) in [6.07, 6.45) is -0.144. The number of likely N-dealkylation sites (tertiary alicyclic amines) is 1. The fourth-order valence-electron chi connectivity index (χ4n) is 3.42. The number of hydrogen-bond acceptors (Lipinski definition) is 3. The van der Waals surface area contributed by atoms with E-state index in [1.807, 2.05) is 31.2 Å². The molecule has 1 amide bonds. The van der Waals surface area contributed by atoms with E-state index in [9.17, 15) is 9.18 Å². The minimum atomic E-state index is -0.534. The average molecular weight is 359 g/mol. The predicted molar refractivity (Wildman–Crippen MR) is 93.4 cm³/mol. The van der Waals surface area contributed by atoms with Crippen LogP contribution in [0.15, 0.2) is 47.6 Å². The Bertz CT molecular complexity index is 883. The Hall–Kier alpha value is -2.40. The third-order valence-electron chi connectivity index (χ3n) is 4.78. The van der Waals surface area contributed by atoms with E-state index >= 15 is 0 Å². The molecule has 4 rings (SSSR count). The smallest absolute Gasteiger partial charge is 0.254 e. The van der Waals surface area contributed by atoms with Crippen LogP contribution in [0.4, 0.5) is 4.39 Å². The molecule has 2 aliphatic rings. The first kappa shape index (κ1) is 16.1. The van der Waals surface area contributed by atoms with Gasteiger partial charge in [0, 0.05) is 17.7 Å². The van der Waals surface area contributed by atoms with Crippen LogP contribution in [0, 0.1) is 18.7 Å². The molecule has 0 aliphatic carbocycles. The van der Waals surface area contributed by atoms with Crippen LogP contribution in [0.2, 0.25) is 5.02 Å². The van der Waals surface area contributed by atoms with Crippen LogP contribution in [0.1, 0.15) is 21.5 Å². The van der Waals surface area contributed by atoms with Gasteiger partial charge in [-0.25, -0.2) is 4.39 Å². The first-order valence-electron chi connectivity index (χ1n) is 8.08. The standard InChI is InChI=1S/C19H16ClFN2O2/c1-11-4-2-3-5-13(11)18-14-9-23(10-17(14)25-22-18)19(24)12-6-7-16(21)15(20)8-12/h2-8,14,17H,9-10H2,1H3. The monoisotopic (exact) mass is 358 g/mol. The molecule has 1 saturated heterocycles. The van der Waals surface area contributed by atoms with Crippen LogP contribution in [-0.2, 0) is 4.84 Å². The summed E-state index contributed by atoms with van der Waals surface area (Å²) in [5.74, 6) is -0.668. The van der Waals surface area contributed by atoms with Gasteiger partial charge in [-0.1, -0.05) is 41.0 Å². The third kappa shape index (κ3) is 2.78. The van der Waals surface area contributed by atoms with Crippen LogP contribution >= 0.6 is 11.6 Å². The Labute approximate surface area is 149 Å². The van der Waals surface area contributed by atoms with Gasteiger partial charge in [-0.2, -0.15) is 0 Å². The van der Waals surface area contributed by atoms with Crippen molar-refractivity contribution in [3.05, 3.63) is 70.0 Å². The first-order chi connectivity index (χ1) is 12.0. The summed E-state index contributed by atoms with van der Waals surface area (Å²) < 4.78 is 13.3. The maximum Gasteiger partial charge on any atom is 0.254 e. The fraction of sp³-hybridized carbons (Fsp3) is 0.263. The van der Waals surface area contributed by atoms with E-state index in [4.69, 9.17) is 16.4 Å². The maximum absolute atomic E-state index is 13.3. The van der Waals surface area contributed by atoms with Gasteiger partial charge in [0.2, 0.25) is 0 Å². The normalized spacial score (nSPS) is 21.7. The molecule has 0 radical (unpaired) electrons. The van der Waals surface area contributed by atoms with Crippen LogP contribution in [0.3, 0.4) is 0 Å².